The van der Waals surface area contributed by atoms with E-state index in [0.29, 0.717) is 18.2 Å². The molecule has 0 radical (unpaired) electrons. The van der Waals surface area contributed by atoms with Crippen molar-refractivity contribution in [2.75, 3.05) is 26.2 Å². The van der Waals surface area contributed by atoms with Gasteiger partial charge in [0.2, 0.25) is 11.8 Å². The van der Waals surface area contributed by atoms with Crippen molar-refractivity contribution in [3.63, 3.8) is 0 Å². The van der Waals surface area contributed by atoms with Crippen molar-refractivity contribution in [2.45, 2.75) is 19.9 Å². The van der Waals surface area contributed by atoms with Gasteiger partial charge in [0.05, 0.1) is 11.0 Å². The van der Waals surface area contributed by atoms with Crippen LogP contribution in [0.1, 0.15) is 23.0 Å². The largest absolute Gasteiger partial charge is 0.421 e. The van der Waals surface area contributed by atoms with Crippen LogP contribution >= 0.6 is 0 Å². The van der Waals surface area contributed by atoms with Crippen LogP contribution in [0, 0.1) is 6.92 Å². The Kier molecular flexibility index (Phi) is 4.79. The Morgan fingerprint density at radius 1 is 1.10 bits per heavy atom. The minimum absolute atomic E-state index is 0.517. The SMILES string of the molecule is Cc1nnc(-c2ccc3nc(Cc4cc(CN5CCNCC5)ccn4)[nH]c3c2)o1. The summed E-state index contributed by atoms with van der Waals surface area (Å²) in [5.41, 5.74) is 5.05. The van der Waals surface area contributed by atoms with E-state index in [9.17, 15) is 0 Å². The van der Waals surface area contributed by atoms with Crippen molar-refractivity contribution in [1.82, 2.24) is 35.4 Å². The number of H-pyrrole nitrogens is 1. The molecular weight excluding hydrogens is 366 g/mol. The molecular formula is C21H23N7O. The number of piperazine rings is 1. The Morgan fingerprint density at radius 2 is 2.00 bits per heavy atom. The van der Waals surface area contributed by atoms with Gasteiger partial charge in [-0.2, -0.15) is 0 Å². The van der Waals surface area contributed by atoms with Gasteiger partial charge in [0, 0.05) is 63.5 Å². The first kappa shape index (κ1) is 18.0. The third-order valence-electron chi connectivity index (χ3n) is 5.15. The van der Waals surface area contributed by atoms with E-state index < -0.39 is 0 Å². The second-order valence-corrected chi connectivity index (χ2v) is 7.40. The predicted molar refractivity (Wildman–Crippen MR) is 109 cm³/mol. The second kappa shape index (κ2) is 7.73. The molecule has 5 rings (SSSR count). The number of fused-ring (bicyclic) bond motifs is 1. The molecule has 0 atom stereocenters. The topological polar surface area (TPSA) is 95.8 Å². The Morgan fingerprint density at radius 3 is 2.83 bits per heavy atom. The molecule has 0 bridgehead atoms. The highest BCUT2D eigenvalue weighted by molar-refractivity contribution is 5.80. The number of hydrogen-bond acceptors (Lipinski definition) is 7. The Hall–Kier alpha value is -3.10. The molecule has 4 aromatic rings. The zero-order chi connectivity index (χ0) is 19.6. The van der Waals surface area contributed by atoms with Crippen LogP contribution in [0.5, 0.6) is 0 Å². The number of rotatable bonds is 5. The molecule has 0 unspecified atom stereocenters. The van der Waals surface area contributed by atoms with Crippen LogP contribution in [0.25, 0.3) is 22.5 Å². The molecule has 0 amide bonds. The van der Waals surface area contributed by atoms with E-state index >= 15 is 0 Å². The Labute approximate surface area is 168 Å². The standard InChI is InChI=1S/C21H23N7O/c1-14-26-27-21(29-14)16-2-3-18-19(11-16)25-20(24-18)12-17-10-15(4-5-23-17)13-28-8-6-22-7-9-28/h2-5,10-11,22H,6-9,12-13H2,1H3,(H,24,25). The first-order chi connectivity index (χ1) is 14.2. The van der Waals surface area contributed by atoms with E-state index in [1.54, 1.807) is 6.92 Å². The zero-order valence-electron chi connectivity index (χ0n) is 16.4. The van der Waals surface area contributed by atoms with Crippen molar-refractivity contribution in [2.24, 2.45) is 0 Å². The summed E-state index contributed by atoms with van der Waals surface area (Å²) >= 11 is 0. The summed E-state index contributed by atoms with van der Waals surface area (Å²) in [5.74, 6) is 1.96. The highest BCUT2D eigenvalue weighted by atomic mass is 16.4. The van der Waals surface area contributed by atoms with Crippen molar-refractivity contribution in [1.29, 1.82) is 0 Å². The Bertz CT molecular complexity index is 1130. The predicted octanol–water partition coefficient (Wildman–Crippen LogP) is 2.31. The number of nitrogens with one attached hydrogen (secondary N) is 2. The third kappa shape index (κ3) is 4.03. The van der Waals surface area contributed by atoms with E-state index in [1.165, 1.54) is 5.56 Å². The number of imidazole rings is 1. The normalized spacial score (nSPS) is 15.2. The molecule has 1 aliphatic heterocycles. The molecule has 4 heterocycles. The fourth-order valence-electron chi connectivity index (χ4n) is 3.71. The second-order valence-electron chi connectivity index (χ2n) is 7.40. The number of nitrogens with zero attached hydrogens (tertiary/aromatic N) is 5. The number of hydrogen-bond donors (Lipinski definition) is 2. The van der Waals surface area contributed by atoms with Crippen LogP contribution in [0.2, 0.25) is 0 Å². The molecule has 29 heavy (non-hydrogen) atoms. The van der Waals surface area contributed by atoms with Gasteiger partial charge >= 0.3 is 0 Å². The van der Waals surface area contributed by atoms with Gasteiger partial charge in [0.25, 0.3) is 0 Å². The maximum Gasteiger partial charge on any atom is 0.247 e. The molecule has 2 N–H and O–H groups in total. The van der Waals surface area contributed by atoms with Crippen molar-refractivity contribution < 1.29 is 4.42 Å². The number of aromatic amines is 1. The van der Waals surface area contributed by atoms with Gasteiger partial charge in [0.1, 0.15) is 5.82 Å². The van der Waals surface area contributed by atoms with Gasteiger partial charge in [-0.05, 0) is 35.9 Å². The summed E-state index contributed by atoms with van der Waals surface area (Å²) in [5, 5.41) is 11.4. The molecule has 8 nitrogen and oxygen atoms in total. The lowest BCUT2D eigenvalue weighted by Crippen LogP contribution is -2.42. The minimum Gasteiger partial charge on any atom is -0.421 e. The molecule has 0 aliphatic carbocycles. The molecule has 1 aliphatic rings. The third-order valence-corrected chi connectivity index (χ3v) is 5.15. The average Bonchev–Trinajstić information content (AvgIpc) is 3.34. The maximum absolute atomic E-state index is 5.52. The number of aromatic nitrogens is 5. The molecule has 0 saturated carbocycles. The van der Waals surface area contributed by atoms with Crippen LogP contribution in [-0.4, -0.2) is 56.2 Å². The lowest BCUT2D eigenvalue weighted by molar-refractivity contribution is 0.233. The quantitative estimate of drug-likeness (QED) is 0.541. The highest BCUT2D eigenvalue weighted by Gasteiger charge is 2.12. The van der Waals surface area contributed by atoms with Gasteiger partial charge in [-0.25, -0.2) is 4.98 Å². The van der Waals surface area contributed by atoms with E-state index in [1.807, 2.05) is 24.4 Å². The Balaban J connectivity index is 1.34. The van der Waals surface area contributed by atoms with Crippen molar-refractivity contribution in [3.8, 4) is 11.5 Å². The fraction of sp³-hybridized carbons (Fsp3) is 0.333. The molecule has 0 spiro atoms. The first-order valence-corrected chi connectivity index (χ1v) is 9.89. The molecule has 3 aromatic heterocycles. The van der Waals surface area contributed by atoms with E-state index in [0.717, 1.165) is 60.8 Å². The monoisotopic (exact) mass is 389 g/mol. The average molecular weight is 389 g/mol. The molecule has 1 aromatic carbocycles. The van der Waals surface area contributed by atoms with Crippen LogP contribution in [-0.2, 0) is 13.0 Å². The zero-order valence-corrected chi connectivity index (χ0v) is 16.4. The van der Waals surface area contributed by atoms with Gasteiger partial charge < -0.3 is 14.7 Å². The van der Waals surface area contributed by atoms with Crippen LogP contribution in [0.3, 0.4) is 0 Å². The maximum atomic E-state index is 5.52. The lowest BCUT2D eigenvalue weighted by atomic mass is 10.1. The molecule has 1 saturated heterocycles. The fourth-order valence-corrected chi connectivity index (χ4v) is 3.71. The molecule has 8 heteroatoms. The summed E-state index contributed by atoms with van der Waals surface area (Å²) in [6, 6.07) is 10.2. The summed E-state index contributed by atoms with van der Waals surface area (Å²) in [4.78, 5) is 15.1. The molecule has 1 fully saturated rings. The number of benzene rings is 1. The number of pyridine rings is 1. The van der Waals surface area contributed by atoms with E-state index in [4.69, 9.17) is 9.40 Å². The number of aryl methyl sites for hydroxylation is 1. The van der Waals surface area contributed by atoms with Crippen LogP contribution in [0.15, 0.2) is 40.9 Å². The van der Waals surface area contributed by atoms with Crippen molar-refractivity contribution >= 4 is 11.0 Å². The first-order valence-electron chi connectivity index (χ1n) is 9.89. The highest BCUT2D eigenvalue weighted by Crippen LogP contribution is 2.23. The van der Waals surface area contributed by atoms with Gasteiger partial charge in [-0.1, -0.05) is 0 Å². The van der Waals surface area contributed by atoms with Crippen molar-refractivity contribution in [3.05, 3.63) is 59.5 Å². The van der Waals surface area contributed by atoms with Crippen LogP contribution in [0.4, 0.5) is 0 Å². The van der Waals surface area contributed by atoms with Gasteiger partial charge in [0.15, 0.2) is 0 Å². The van der Waals surface area contributed by atoms with Gasteiger partial charge in [-0.3, -0.25) is 9.88 Å². The van der Waals surface area contributed by atoms with E-state index in [-0.39, 0.29) is 0 Å². The van der Waals surface area contributed by atoms with E-state index in [2.05, 4.69) is 42.5 Å². The summed E-state index contributed by atoms with van der Waals surface area (Å²) in [7, 11) is 0. The summed E-state index contributed by atoms with van der Waals surface area (Å²) < 4.78 is 5.52. The molecule has 148 valence electrons. The summed E-state index contributed by atoms with van der Waals surface area (Å²) in [6.45, 7) is 7.04. The lowest BCUT2D eigenvalue weighted by Gasteiger charge is -2.27. The van der Waals surface area contributed by atoms with Gasteiger partial charge in [-0.15, -0.1) is 10.2 Å². The smallest absolute Gasteiger partial charge is 0.247 e. The minimum atomic E-state index is 0.517. The van der Waals surface area contributed by atoms with Crippen LogP contribution < -0.4 is 5.32 Å². The summed E-state index contributed by atoms with van der Waals surface area (Å²) in [6.07, 6.45) is 2.56.